The normalized spacial score (nSPS) is 18.7. The summed E-state index contributed by atoms with van der Waals surface area (Å²) < 4.78 is 22.0. The van der Waals surface area contributed by atoms with Gasteiger partial charge in [-0.25, -0.2) is 9.37 Å². The number of rotatable bonds is 5. The molecule has 1 unspecified atom stereocenters. The fourth-order valence-electron chi connectivity index (χ4n) is 2.84. The zero-order chi connectivity index (χ0) is 14.8. The lowest BCUT2D eigenvalue weighted by Gasteiger charge is -2.12. The molecule has 1 atom stereocenters. The van der Waals surface area contributed by atoms with Gasteiger partial charge in [-0.3, -0.25) is 0 Å². The van der Waals surface area contributed by atoms with Crippen LogP contribution in [0.2, 0.25) is 0 Å². The van der Waals surface area contributed by atoms with Gasteiger partial charge in [-0.05, 0) is 41.3 Å². The first-order valence-electron chi connectivity index (χ1n) is 7.21. The molecule has 1 fully saturated rings. The summed E-state index contributed by atoms with van der Waals surface area (Å²) in [6, 6.07) is 3.27. The van der Waals surface area contributed by atoms with E-state index < -0.39 is 0 Å². The summed E-state index contributed by atoms with van der Waals surface area (Å²) in [6.07, 6.45) is 4.16. The number of fused-ring (bicyclic) bond motifs is 1. The van der Waals surface area contributed by atoms with Crippen LogP contribution in [0.5, 0.6) is 0 Å². The van der Waals surface area contributed by atoms with Crippen molar-refractivity contribution in [3.05, 3.63) is 28.2 Å². The minimum Gasteiger partial charge on any atom is -0.378 e. The highest BCUT2D eigenvalue weighted by atomic mass is 79.9. The number of aryl methyl sites for hydroxylation is 2. The smallest absolute Gasteiger partial charge is 0.139 e. The molecule has 0 N–H and O–H groups in total. The number of halogens is 3. The van der Waals surface area contributed by atoms with Crippen LogP contribution in [0.4, 0.5) is 4.39 Å². The molecular weight excluding hydrogens is 359 g/mol. The summed E-state index contributed by atoms with van der Waals surface area (Å²) in [4.78, 5) is 4.59. The van der Waals surface area contributed by atoms with Crippen molar-refractivity contribution in [2.75, 3.05) is 12.5 Å². The lowest BCUT2D eigenvalue weighted by Crippen LogP contribution is -2.12. The second-order valence-electron chi connectivity index (χ2n) is 5.30. The molecule has 1 saturated heterocycles. The Morgan fingerprint density at radius 3 is 3.05 bits per heavy atom. The molecular formula is C15H17BrClFN2O. The Balaban J connectivity index is 1.92. The van der Waals surface area contributed by atoms with Crippen LogP contribution in [-0.2, 0) is 17.7 Å². The molecule has 21 heavy (non-hydrogen) atoms. The maximum absolute atomic E-state index is 13.8. The maximum atomic E-state index is 13.8. The first-order chi connectivity index (χ1) is 10.2. The molecule has 114 valence electrons. The van der Waals surface area contributed by atoms with E-state index in [0.29, 0.717) is 22.9 Å². The van der Waals surface area contributed by atoms with Crippen molar-refractivity contribution in [2.24, 2.45) is 0 Å². The number of hydrogen-bond acceptors (Lipinski definition) is 2. The van der Waals surface area contributed by atoms with Gasteiger partial charge in [-0.2, -0.15) is 0 Å². The van der Waals surface area contributed by atoms with Gasteiger partial charge in [-0.1, -0.05) is 0 Å². The number of benzene rings is 1. The highest BCUT2D eigenvalue weighted by Crippen LogP contribution is 2.26. The molecule has 3 nitrogen and oxygen atoms in total. The minimum atomic E-state index is -0.266. The number of alkyl halides is 1. The van der Waals surface area contributed by atoms with E-state index in [-0.39, 0.29) is 5.82 Å². The van der Waals surface area contributed by atoms with Gasteiger partial charge in [0.25, 0.3) is 0 Å². The van der Waals surface area contributed by atoms with Gasteiger partial charge >= 0.3 is 0 Å². The second kappa shape index (κ2) is 6.63. The molecule has 2 aromatic rings. The van der Waals surface area contributed by atoms with Crippen molar-refractivity contribution in [2.45, 2.75) is 38.3 Å². The Hall–Kier alpha value is -0.650. The van der Waals surface area contributed by atoms with Crippen LogP contribution in [-0.4, -0.2) is 28.1 Å². The van der Waals surface area contributed by atoms with E-state index in [1.807, 2.05) is 0 Å². The van der Waals surface area contributed by atoms with E-state index in [9.17, 15) is 4.39 Å². The summed E-state index contributed by atoms with van der Waals surface area (Å²) in [6.45, 7) is 1.64. The molecule has 3 rings (SSSR count). The molecule has 0 spiro atoms. The zero-order valence-electron chi connectivity index (χ0n) is 11.6. The van der Waals surface area contributed by atoms with E-state index in [2.05, 4.69) is 25.5 Å². The number of hydrogen-bond donors (Lipinski definition) is 0. The Bertz CT molecular complexity index is 640. The molecule has 1 aliphatic heterocycles. The van der Waals surface area contributed by atoms with Crippen LogP contribution in [0.25, 0.3) is 11.0 Å². The van der Waals surface area contributed by atoms with Crippen LogP contribution >= 0.6 is 27.5 Å². The molecule has 0 aliphatic carbocycles. The Kier molecular flexibility index (Phi) is 4.82. The SMILES string of the molecule is Fc1cc2c(cc1Br)nc(CCCl)n2CCC1CCCO1. The second-order valence-corrected chi connectivity index (χ2v) is 6.53. The summed E-state index contributed by atoms with van der Waals surface area (Å²) in [5.74, 6) is 1.15. The third kappa shape index (κ3) is 3.25. The highest BCUT2D eigenvalue weighted by Gasteiger charge is 2.18. The predicted octanol–water partition coefficient (Wildman–Crippen LogP) is 4.29. The fourth-order valence-corrected chi connectivity index (χ4v) is 3.34. The molecule has 0 saturated carbocycles. The van der Waals surface area contributed by atoms with Crippen molar-refractivity contribution < 1.29 is 9.13 Å². The first kappa shape index (κ1) is 15.3. The van der Waals surface area contributed by atoms with Crippen molar-refractivity contribution in [3.63, 3.8) is 0 Å². The maximum Gasteiger partial charge on any atom is 0.139 e. The third-order valence-electron chi connectivity index (χ3n) is 3.89. The van der Waals surface area contributed by atoms with Crippen molar-refractivity contribution in [1.29, 1.82) is 0 Å². The molecule has 1 aromatic carbocycles. The monoisotopic (exact) mass is 374 g/mol. The van der Waals surface area contributed by atoms with Gasteiger partial charge in [0.1, 0.15) is 11.6 Å². The van der Waals surface area contributed by atoms with Crippen LogP contribution in [0.1, 0.15) is 25.1 Å². The molecule has 0 radical (unpaired) electrons. The molecule has 0 bridgehead atoms. The molecule has 2 heterocycles. The predicted molar refractivity (Wildman–Crippen MR) is 85.4 cm³/mol. The molecule has 6 heteroatoms. The average Bonchev–Trinajstić information content (AvgIpc) is 3.06. The summed E-state index contributed by atoms with van der Waals surface area (Å²) >= 11 is 9.08. The molecule has 1 aromatic heterocycles. The van der Waals surface area contributed by atoms with E-state index in [4.69, 9.17) is 16.3 Å². The third-order valence-corrected chi connectivity index (χ3v) is 4.68. The number of ether oxygens (including phenoxy) is 1. The largest absolute Gasteiger partial charge is 0.378 e. The Morgan fingerprint density at radius 2 is 2.33 bits per heavy atom. The van der Waals surface area contributed by atoms with Gasteiger partial charge in [0.2, 0.25) is 0 Å². The highest BCUT2D eigenvalue weighted by molar-refractivity contribution is 9.10. The van der Waals surface area contributed by atoms with Gasteiger partial charge in [0.05, 0.1) is 21.6 Å². The van der Waals surface area contributed by atoms with Crippen molar-refractivity contribution >= 4 is 38.6 Å². The Labute approximate surface area is 136 Å². The van der Waals surface area contributed by atoms with Crippen LogP contribution in [0.3, 0.4) is 0 Å². The van der Waals surface area contributed by atoms with E-state index in [0.717, 1.165) is 49.3 Å². The van der Waals surface area contributed by atoms with Crippen molar-refractivity contribution in [3.8, 4) is 0 Å². The minimum absolute atomic E-state index is 0.266. The van der Waals surface area contributed by atoms with E-state index >= 15 is 0 Å². The van der Waals surface area contributed by atoms with Gasteiger partial charge in [0, 0.05) is 31.5 Å². The summed E-state index contributed by atoms with van der Waals surface area (Å²) in [5.41, 5.74) is 1.63. The van der Waals surface area contributed by atoms with Gasteiger partial charge in [0.15, 0.2) is 0 Å². The summed E-state index contributed by atoms with van der Waals surface area (Å²) in [5, 5.41) is 0. The van der Waals surface area contributed by atoms with E-state index in [1.54, 1.807) is 12.1 Å². The number of imidazole rings is 1. The van der Waals surface area contributed by atoms with Gasteiger partial charge < -0.3 is 9.30 Å². The summed E-state index contributed by atoms with van der Waals surface area (Å²) in [7, 11) is 0. The zero-order valence-corrected chi connectivity index (χ0v) is 14.0. The quantitative estimate of drug-likeness (QED) is 0.729. The van der Waals surface area contributed by atoms with Crippen molar-refractivity contribution in [1.82, 2.24) is 9.55 Å². The molecule has 0 amide bonds. The average molecular weight is 376 g/mol. The standard InChI is InChI=1S/C15H17BrClFN2O/c16-11-8-13-14(9-12(11)18)20(15(19-13)3-5-17)6-4-10-2-1-7-21-10/h8-10H,1-7H2. The van der Waals surface area contributed by atoms with E-state index in [1.165, 1.54) is 0 Å². The Morgan fingerprint density at radius 1 is 1.48 bits per heavy atom. The van der Waals surface area contributed by atoms with Gasteiger partial charge in [-0.15, -0.1) is 11.6 Å². The number of nitrogens with zero attached hydrogens (tertiary/aromatic N) is 2. The topological polar surface area (TPSA) is 27.1 Å². The lowest BCUT2D eigenvalue weighted by molar-refractivity contribution is 0.100. The number of aromatic nitrogens is 2. The first-order valence-corrected chi connectivity index (χ1v) is 8.53. The fraction of sp³-hybridized carbons (Fsp3) is 0.533. The lowest BCUT2D eigenvalue weighted by atomic mass is 10.2. The molecule has 1 aliphatic rings. The van der Waals surface area contributed by atoms with Crippen LogP contribution in [0.15, 0.2) is 16.6 Å². The van der Waals surface area contributed by atoms with Crippen LogP contribution < -0.4 is 0 Å². The van der Waals surface area contributed by atoms with Crippen LogP contribution in [0, 0.1) is 5.82 Å².